The van der Waals surface area contributed by atoms with Gasteiger partial charge in [-0.05, 0) is 24.3 Å². The standard InChI is InChI=1S/C19H19FN4O3/c20-16-4-1-5-17(15(16)10-21)22-6-7-23-19(26)13-9-18(25)24(11-13)12-14-3-2-8-27-14/h1-5,8,13,22H,6-7,9,11-12H2,(H,23,26). The van der Waals surface area contributed by atoms with Crippen LogP contribution in [0.5, 0.6) is 0 Å². The number of furan rings is 1. The number of carbonyl (C=O) groups is 2. The van der Waals surface area contributed by atoms with Crippen LogP contribution in [0.3, 0.4) is 0 Å². The number of anilines is 1. The summed E-state index contributed by atoms with van der Waals surface area (Å²) in [5.41, 5.74) is 0.325. The summed E-state index contributed by atoms with van der Waals surface area (Å²) in [5, 5.41) is 14.7. The number of rotatable bonds is 7. The largest absolute Gasteiger partial charge is 0.467 e. The molecular weight excluding hydrogens is 351 g/mol. The van der Waals surface area contributed by atoms with Crippen LogP contribution in [0, 0.1) is 23.1 Å². The number of hydrogen-bond acceptors (Lipinski definition) is 5. The van der Waals surface area contributed by atoms with Crippen molar-refractivity contribution in [2.75, 3.05) is 25.0 Å². The predicted octanol–water partition coefficient (Wildman–Crippen LogP) is 1.87. The average molecular weight is 370 g/mol. The normalized spacial score (nSPS) is 16.2. The molecule has 27 heavy (non-hydrogen) atoms. The summed E-state index contributed by atoms with van der Waals surface area (Å²) in [6.07, 6.45) is 1.71. The van der Waals surface area contributed by atoms with Gasteiger partial charge in [-0.1, -0.05) is 6.07 Å². The zero-order valence-electron chi connectivity index (χ0n) is 14.6. The van der Waals surface area contributed by atoms with E-state index in [1.54, 1.807) is 29.4 Å². The summed E-state index contributed by atoms with van der Waals surface area (Å²) in [6, 6.07) is 9.68. The molecule has 7 nitrogen and oxygen atoms in total. The Kier molecular flexibility index (Phi) is 5.71. The molecule has 2 amide bonds. The van der Waals surface area contributed by atoms with E-state index in [0.717, 1.165) is 0 Å². The van der Waals surface area contributed by atoms with Crippen LogP contribution in [0.25, 0.3) is 0 Å². The number of halogens is 1. The van der Waals surface area contributed by atoms with Gasteiger partial charge >= 0.3 is 0 Å². The van der Waals surface area contributed by atoms with Crippen molar-refractivity contribution in [2.24, 2.45) is 5.92 Å². The van der Waals surface area contributed by atoms with Crippen molar-refractivity contribution in [3.8, 4) is 6.07 Å². The zero-order chi connectivity index (χ0) is 19.2. The first-order valence-corrected chi connectivity index (χ1v) is 8.59. The van der Waals surface area contributed by atoms with Gasteiger partial charge in [0, 0.05) is 26.1 Å². The fourth-order valence-electron chi connectivity index (χ4n) is 3.00. The third-order valence-corrected chi connectivity index (χ3v) is 4.38. The minimum Gasteiger partial charge on any atom is -0.467 e. The lowest BCUT2D eigenvalue weighted by Gasteiger charge is -2.15. The molecule has 140 valence electrons. The molecule has 8 heteroatoms. The van der Waals surface area contributed by atoms with Gasteiger partial charge in [-0.2, -0.15) is 5.26 Å². The van der Waals surface area contributed by atoms with Crippen molar-refractivity contribution < 1.29 is 18.4 Å². The smallest absolute Gasteiger partial charge is 0.225 e. The van der Waals surface area contributed by atoms with Crippen LogP contribution < -0.4 is 10.6 Å². The summed E-state index contributed by atoms with van der Waals surface area (Å²) in [6.45, 7) is 1.33. The Hall–Kier alpha value is -3.34. The van der Waals surface area contributed by atoms with Crippen LogP contribution in [-0.2, 0) is 16.1 Å². The highest BCUT2D eigenvalue weighted by molar-refractivity contribution is 5.89. The van der Waals surface area contributed by atoms with E-state index < -0.39 is 11.7 Å². The zero-order valence-corrected chi connectivity index (χ0v) is 14.6. The van der Waals surface area contributed by atoms with E-state index in [1.165, 1.54) is 12.1 Å². The fraction of sp³-hybridized carbons (Fsp3) is 0.316. The first kappa shape index (κ1) is 18.5. The van der Waals surface area contributed by atoms with E-state index in [0.29, 0.717) is 37.6 Å². The minimum atomic E-state index is -0.590. The molecular formula is C19H19FN4O3. The molecule has 0 aliphatic carbocycles. The van der Waals surface area contributed by atoms with Gasteiger partial charge in [0.05, 0.1) is 24.4 Å². The molecule has 0 radical (unpaired) electrons. The first-order chi connectivity index (χ1) is 13.1. The topological polar surface area (TPSA) is 98.4 Å². The highest BCUT2D eigenvalue weighted by atomic mass is 19.1. The van der Waals surface area contributed by atoms with Gasteiger partial charge in [0.15, 0.2) is 0 Å². The quantitative estimate of drug-likeness (QED) is 0.725. The van der Waals surface area contributed by atoms with Crippen LogP contribution in [0.15, 0.2) is 41.0 Å². The summed E-state index contributed by atoms with van der Waals surface area (Å²) < 4.78 is 18.8. The minimum absolute atomic E-state index is 0.0567. The molecule has 1 fully saturated rings. The second-order valence-electron chi connectivity index (χ2n) is 6.25. The highest BCUT2D eigenvalue weighted by Crippen LogP contribution is 2.21. The molecule has 2 aromatic rings. The Morgan fingerprint density at radius 3 is 2.93 bits per heavy atom. The molecule has 1 saturated heterocycles. The van der Waals surface area contributed by atoms with Crippen LogP contribution in [0.1, 0.15) is 17.7 Å². The molecule has 0 spiro atoms. The molecule has 1 aliphatic heterocycles. The van der Waals surface area contributed by atoms with E-state index >= 15 is 0 Å². The monoisotopic (exact) mass is 370 g/mol. The SMILES string of the molecule is N#Cc1c(F)cccc1NCCNC(=O)C1CC(=O)N(Cc2ccco2)C1. The van der Waals surface area contributed by atoms with Crippen LogP contribution in [-0.4, -0.2) is 36.3 Å². The Morgan fingerprint density at radius 2 is 2.19 bits per heavy atom. The maximum Gasteiger partial charge on any atom is 0.225 e. The molecule has 1 aromatic heterocycles. The second-order valence-corrected chi connectivity index (χ2v) is 6.25. The van der Waals surface area contributed by atoms with Gasteiger partial charge in [0.1, 0.15) is 23.2 Å². The molecule has 3 rings (SSSR count). The van der Waals surface area contributed by atoms with Gasteiger partial charge in [0.25, 0.3) is 0 Å². The maximum absolute atomic E-state index is 13.5. The number of benzene rings is 1. The molecule has 0 bridgehead atoms. The summed E-state index contributed by atoms with van der Waals surface area (Å²) in [7, 11) is 0. The number of nitrogens with zero attached hydrogens (tertiary/aromatic N) is 2. The maximum atomic E-state index is 13.5. The van der Waals surface area contributed by atoms with Gasteiger partial charge in [-0.3, -0.25) is 9.59 Å². The summed E-state index contributed by atoms with van der Waals surface area (Å²) in [4.78, 5) is 25.9. The Labute approximate surface area is 155 Å². The summed E-state index contributed by atoms with van der Waals surface area (Å²) in [5.74, 6) is -0.601. The van der Waals surface area contributed by atoms with E-state index in [4.69, 9.17) is 9.68 Å². The molecule has 1 aliphatic rings. The Balaban J connectivity index is 1.44. The van der Waals surface area contributed by atoms with E-state index in [9.17, 15) is 14.0 Å². The van der Waals surface area contributed by atoms with E-state index in [2.05, 4.69) is 10.6 Å². The number of hydrogen-bond donors (Lipinski definition) is 2. The number of likely N-dealkylation sites (tertiary alicyclic amines) is 1. The van der Waals surface area contributed by atoms with Gasteiger partial charge < -0.3 is 20.0 Å². The predicted molar refractivity (Wildman–Crippen MR) is 94.8 cm³/mol. The lowest BCUT2D eigenvalue weighted by atomic mass is 10.1. The third kappa shape index (κ3) is 4.44. The van der Waals surface area contributed by atoms with Gasteiger partial charge in [-0.15, -0.1) is 0 Å². The number of nitriles is 1. The fourth-order valence-corrected chi connectivity index (χ4v) is 3.00. The number of carbonyl (C=O) groups excluding carboxylic acids is 2. The lowest BCUT2D eigenvalue weighted by molar-refractivity contribution is -0.129. The van der Waals surface area contributed by atoms with Crippen molar-refractivity contribution in [3.05, 3.63) is 53.7 Å². The van der Waals surface area contributed by atoms with Crippen LogP contribution in [0.2, 0.25) is 0 Å². The molecule has 1 atom stereocenters. The van der Waals surface area contributed by atoms with Crippen LogP contribution >= 0.6 is 0 Å². The first-order valence-electron chi connectivity index (χ1n) is 8.59. The summed E-state index contributed by atoms with van der Waals surface area (Å²) >= 11 is 0. The number of amides is 2. The molecule has 1 unspecified atom stereocenters. The number of nitrogens with one attached hydrogen (secondary N) is 2. The second kappa shape index (κ2) is 8.36. The molecule has 2 N–H and O–H groups in total. The lowest BCUT2D eigenvalue weighted by Crippen LogP contribution is -2.35. The van der Waals surface area contributed by atoms with Gasteiger partial charge in [-0.25, -0.2) is 4.39 Å². The van der Waals surface area contributed by atoms with Crippen molar-refractivity contribution in [1.82, 2.24) is 10.2 Å². The highest BCUT2D eigenvalue weighted by Gasteiger charge is 2.34. The Bertz CT molecular complexity index is 860. The van der Waals surface area contributed by atoms with Gasteiger partial charge in [0.2, 0.25) is 11.8 Å². The Morgan fingerprint density at radius 1 is 1.33 bits per heavy atom. The molecule has 0 saturated carbocycles. The van der Waals surface area contributed by atoms with E-state index in [1.807, 2.05) is 6.07 Å². The van der Waals surface area contributed by atoms with E-state index in [-0.39, 0.29) is 23.8 Å². The van der Waals surface area contributed by atoms with Crippen molar-refractivity contribution in [1.29, 1.82) is 5.26 Å². The molecule has 1 aromatic carbocycles. The molecule has 2 heterocycles. The van der Waals surface area contributed by atoms with Crippen molar-refractivity contribution in [2.45, 2.75) is 13.0 Å². The van der Waals surface area contributed by atoms with Crippen molar-refractivity contribution >= 4 is 17.5 Å². The average Bonchev–Trinajstić information content (AvgIpc) is 3.29. The van der Waals surface area contributed by atoms with Crippen LogP contribution in [0.4, 0.5) is 10.1 Å². The third-order valence-electron chi connectivity index (χ3n) is 4.38. The van der Waals surface area contributed by atoms with Crippen molar-refractivity contribution in [3.63, 3.8) is 0 Å².